The van der Waals surface area contributed by atoms with Crippen LogP contribution in [-0.2, 0) is 9.53 Å². The lowest BCUT2D eigenvalue weighted by molar-refractivity contribution is -0.133. The minimum atomic E-state index is 0.117. The van der Waals surface area contributed by atoms with Gasteiger partial charge in [-0.05, 0) is 44.9 Å². The maximum Gasteiger partial charge on any atom is 0.318 e. The maximum absolute atomic E-state index is 12.9. The van der Waals surface area contributed by atoms with Gasteiger partial charge in [0.25, 0.3) is 0 Å². The molecule has 3 atom stereocenters. The highest BCUT2D eigenvalue weighted by atomic mass is 16.5. The highest BCUT2D eigenvalue weighted by molar-refractivity contribution is 5.77. The summed E-state index contributed by atoms with van der Waals surface area (Å²) in [7, 11) is 1.62. The van der Waals surface area contributed by atoms with E-state index < -0.39 is 0 Å². The van der Waals surface area contributed by atoms with Crippen LogP contribution in [0.2, 0.25) is 0 Å². The molecule has 0 bridgehead atoms. The standard InChI is InChI=1S/C19H33N3O3/c1-14-13-15-5-3-4-6-17(15)22(14)19(24)20-16-7-10-21(11-8-16)18(23)9-12-25-2/h14-17H,3-13H2,1-2H3,(H,20,24). The van der Waals surface area contributed by atoms with Gasteiger partial charge in [0.15, 0.2) is 0 Å². The number of nitrogens with one attached hydrogen (secondary N) is 1. The van der Waals surface area contributed by atoms with Gasteiger partial charge in [0.1, 0.15) is 0 Å². The van der Waals surface area contributed by atoms with E-state index in [0.717, 1.165) is 38.8 Å². The van der Waals surface area contributed by atoms with Crippen LogP contribution in [0.15, 0.2) is 0 Å². The third-order valence-electron chi connectivity index (χ3n) is 6.27. The van der Waals surface area contributed by atoms with Gasteiger partial charge in [0, 0.05) is 38.3 Å². The van der Waals surface area contributed by atoms with Crippen LogP contribution in [-0.4, -0.2) is 66.7 Å². The van der Waals surface area contributed by atoms with Gasteiger partial charge in [0.05, 0.1) is 13.0 Å². The topological polar surface area (TPSA) is 61.9 Å². The van der Waals surface area contributed by atoms with E-state index in [2.05, 4.69) is 17.1 Å². The molecule has 25 heavy (non-hydrogen) atoms. The predicted octanol–water partition coefficient (Wildman–Crippen LogP) is 2.38. The lowest BCUT2D eigenvalue weighted by atomic mass is 9.85. The fourth-order valence-corrected chi connectivity index (χ4v) is 4.93. The Balaban J connectivity index is 1.47. The number of hydrogen-bond acceptors (Lipinski definition) is 3. The fraction of sp³-hybridized carbons (Fsp3) is 0.895. The van der Waals surface area contributed by atoms with Crippen LogP contribution in [0, 0.1) is 5.92 Å². The van der Waals surface area contributed by atoms with Crippen molar-refractivity contribution < 1.29 is 14.3 Å². The van der Waals surface area contributed by atoms with Crippen LogP contribution < -0.4 is 5.32 Å². The van der Waals surface area contributed by atoms with E-state index >= 15 is 0 Å². The monoisotopic (exact) mass is 351 g/mol. The zero-order chi connectivity index (χ0) is 17.8. The van der Waals surface area contributed by atoms with Gasteiger partial charge < -0.3 is 19.9 Å². The zero-order valence-electron chi connectivity index (χ0n) is 15.7. The maximum atomic E-state index is 12.9. The Bertz CT molecular complexity index is 477. The van der Waals surface area contributed by atoms with Crippen LogP contribution in [0.5, 0.6) is 0 Å². The molecule has 3 unspecified atom stereocenters. The first-order chi connectivity index (χ1) is 12.1. The van der Waals surface area contributed by atoms with Crippen molar-refractivity contribution in [3.63, 3.8) is 0 Å². The van der Waals surface area contributed by atoms with Crippen LogP contribution in [0.1, 0.15) is 58.3 Å². The van der Waals surface area contributed by atoms with Gasteiger partial charge in [-0.25, -0.2) is 4.79 Å². The Hall–Kier alpha value is -1.30. The normalized spacial score (nSPS) is 30.2. The van der Waals surface area contributed by atoms with Crippen molar-refractivity contribution in [1.82, 2.24) is 15.1 Å². The van der Waals surface area contributed by atoms with Gasteiger partial charge in [-0.2, -0.15) is 0 Å². The first-order valence-corrected chi connectivity index (χ1v) is 9.95. The molecule has 0 radical (unpaired) electrons. The van der Waals surface area contributed by atoms with Gasteiger partial charge >= 0.3 is 6.03 Å². The summed E-state index contributed by atoms with van der Waals surface area (Å²) in [6, 6.07) is 1.10. The summed E-state index contributed by atoms with van der Waals surface area (Å²) in [6.07, 6.45) is 8.31. The second kappa shape index (κ2) is 8.39. The van der Waals surface area contributed by atoms with Gasteiger partial charge in [-0.3, -0.25) is 4.79 Å². The van der Waals surface area contributed by atoms with Crippen molar-refractivity contribution in [2.75, 3.05) is 26.8 Å². The van der Waals surface area contributed by atoms with E-state index in [-0.39, 0.29) is 18.0 Å². The Kier molecular flexibility index (Phi) is 6.20. The summed E-state index contributed by atoms with van der Waals surface area (Å²) in [6.45, 7) is 4.13. The summed E-state index contributed by atoms with van der Waals surface area (Å²) in [4.78, 5) is 28.9. The third-order valence-corrected chi connectivity index (χ3v) is 6.27. The minimum absolute atomic E-state index is 0.117. The number of piperidine rings is 1. The molecular weight excluding hydrogens is 318 g/mol. The summed E-state index contributed by atoms with van der Waals surface area (Å²) < 4.78 is 4.98. The van der Waals surface area contributed by atoms with Gasteiger partial charge in [0.2, 0.25) is 5.91 Å². The summed E-state index contributed by atoms with van der Waals surface area (Å²) in [5.41, 5.74) is 0. The average Bonchev–Trinajstić information content (AvgIpc) is 2.96. The van der Waals surface area contributed by atoms with Crippen molar-refractivity contribution >= 4 is 11.9 Å². The number of urea groups is 1. The van der Waals surface area contributed by atoms with Crippen LogP contribution >= 0.6 is 0 Å². The molecule has 1 aliphatic carbocycles. The molecule has 2 heterocycles. The van der Waals surface area contributed by atoms with E-state index in [9.17, 15) is 9.59 Å². The molecular formula is C19H33N3O3. The van der Waals surface area contributed by atoms with E-state index in [4.69, 9.17) is 4.74 Å². The average molecular weight is 351 g/mol. The highest BCUT2D eigenvalue weighted by Crippen LogP contribution is 2.39. The number of fused-ring (bicyclic) bond motifs is 1. The number of amides is 3. The number of carbonyl (C=O) groups excluding carboxylic acids is 2. The van der Waals surface area contributed by atoms with Crippen molar-refractivity contribution in [2.24, 2.45) is 5.92 Å². The van der Waals surface area contributed by atoms with Crippen LogP contribution in [0.3, 0.4) is 0 Å². The number of nitrogens with zero attached hydrogens (tertiary/aromatic N) is 2. The number of rotatable bonds is 4. The largest absolute Gasteiger partial charge is 0.384 e. The number of hydrogen-bond donors (Lipinski definition) is 1. The van der Waals surface area contributed by atoms with E-state index in [0.29, 0.717) is 31.0 Å². The molecule has 0 aromatic carbocycles. The smallest absolute Gasteiger partial charge is 0.318 e. The molecule has 1 N–H and O–H groups in total. The van der Waals surface area contributed by atoms with Gasteiger partial charge in [-0.1, -0.05) is 12.8 Å². The second-order valence-electron chi connectivity index (χ2n) is 7.95. The number of carbonyl (C=O) groups is 2. The molecule has 3 fully saturated rings. The van der Waals surface area contributed by atoms with Crippen molar-refractivity contribution in [3.05, 3.63) is 0 Å². The number of likely N-dealkylation sites (tertiary alicyclic amines) is 2. The number of ether oxygens (including phenoxy) is 1. The molecule has 6 heteroatoms. The second-order valence-corrected chi connectivity index (χ2v) is 7.95. The zero-order valence-corrected chi connectivity index (χ0v) is 15.7. The summed E-state index contributed by atoms with van der Waals surface area (Å²) in [5.74, 6) is 0.861. The Labute approximate surface area is 151 Å². The lowest BCUT2D eigenvalue weighted by Crippen LogP contribution is -2.53. The molecule has 6 nitrogen and oxygen atoms in total. The van der Waals surface area contributed by atoms with E-state index in [1.807, 2.05) is 4.90 Å². The third kappa shape index (κ3) is 4.27. The van der Waals surface area contributed by atoms with Crippen molar-refractivity contribution in [1.29, 1.82) is 0 Å². The SMILES string of the molecule is COCCC(=O)N1CCC(NC(=O)N2C(C)CC3CCCCC32)CC1. The Morgan fingerprint density at radius 3 is 2.56 bits per heavy atom. The molecule has 2 saturated heterocycles. The van der Waals surface area contributed by atoms with Crippen LogP contribution in [0.25, 0.3) is 0 Å². The molecule has 0 spiro atoms. The van der Waals surface area contributed by atoms with Crippen molar-refractivity contribution in [2.45, 2.75) is 76.4 Å². The van der Waals surface area contributed by atoms with E-state index in [1.165, 1.54) is 19.3 Å². The first-order valence-electron chi connectivity index (χ1n) is 9.95. The Morgan fingerprint density at radius 2 is 1.84 bits per heavy atom. The summed E-state index contributed by atoms with van der Waals surface area (Å²) >= 11 is 0. The van der Waals surface area contributed by atoms with Crippen molar-refractivity contribution in [3.8, 4) is 0 Å². The molecule has 0 aromatic heterocycles. The summed E-state index contributed by atoms with van der Waals surface area (Å²) in [5, 5.41) is 3.25. The fourth-order valence-electron chi connectivity index (χ4n) is 4.93. The molecule has 3 rings (SSSR count). The molecule has 142 valence electrons. The quantitative estimate of drug-likeness (QED) is 0.846. The highest BCUT2D eigenvalue weighted by Gasteiger charge is 2.43. The van der Waals surface area contributed by atoms with Gasteiger partial charge in [-0.15, -0.1) is 0 Å². The first kappa shape index (κ1) is 18.5. The molecule has 0 aromatic rings. The number of methoxy groups -OCH3 is 1. The molecule has 3 amide bonds. The molecule has 3 aliphatic rings. The predicted molar refractivity (Wildman–Crippen MR) is 96.3 cm³/mol. The minimum Gasteiger partial charge on any atom is -0.384 e. The van der Waals surface area contributed by atoms with E-state index in [1.54, 1.807) is 7.11 Å². The molecule has 1 saturated carbocycles. The lowest BCUT2D eigenvalue weighted by Gasteiger charge is -2.36. The van der Waals surface area contributed by atoms with Crippen LogP contribution in [0.4, 0.5) is 4.79 Å². The Morgan fingerprint density at radius 1 is 1.12 bits per heavy atom. The molecule has 2 aliphatic heterocycles.